The van der Waals surface area contributed by atoms with Crippen molar-refractivity contribution in [2.24, 2.45) is 0 Å². The first-order valence-corrected chi connectivity index (χ1v) is 9.49. The van der Waals surface area contributed by atoms with E-state index in [4.69, 9.17) is 9.15 Å². The molecule has 1 aromatic carbocycles. The standard InChI is InChI=1S/C21H28N2O6/c1-6-22(3)9-10-23(4)18(25)8-7-14-13(2)29-21-15(19(14)26)11-17(28-5)20(27)16(21)12-24/h11-12,27H,6-10H2,1-5H3. The zero-order chi connectivity index (χ0) is 21.7. The molecule has 29 heavy (non-hydrogen) atoms. The average Bonchev–Trinajstić information content (AvgIpc) is 2.71. The van der Waals surface area contributed by atoms with E-state index < -0.39 is 0 Å². The number of carbonyl (C=O) groups excluding carboxylic acids is 2. The van der Waals surface area contributed by atoms with Crippen LogP contribution in [0.3, 0.4) is 0 Å². The van der Waals surface area contributed by atoms with Crippen molar-refractivity contribution >= 4 is 23.2 Å². The van der Waals surface area contributed by atoms with Gasteiger partial charge in [0.15, 0.2) is 28.8 Å². The molecule has 2 aromatic rings. The summed E-state index contributed by atoms with van der Waals surface area (Å²) in [5.41, 5.74) is -0.0987. The number of fused-ring (bicyclic) bond motifs is 1. The number of likely N-dealkylation sites (N-methyl/N-ethyl adjacent to an activating group) is 2. The number of nitrogens with zero attached hydrogens (tertiary/aromatic N) is 2. The van der Waals surface area contributed by atoms with Crippen LogP contribution in [0.5, 0.6) is 11.5 Å². The molecule has 158 valence electrons. The first-order valence-electron chi connectivity index (χ1n) is 9.49. The number of carbonyl (C=O) groups is 2. The lowest BCUT2D eigenvalue weighted by Gasteiger charge is -2.21. The molecular formula is C21H28N2O6. The predicted octanol–water partition coefficient (Wildman–Crippen LogP) is 1.97. The van der Waals surface area contributed by atoms with Crippen molar-refractivity contribution < 1.29 is 23.8 Å². The molecule has 0 unspecified atom stereocenters. The molecule has 1 heterocycles. The molecule has 0 aliphatic rings. The van der Waals surface area contributed by atoms with E-state index in [-0.39, 0.29) is 52.2 Å². The highest BCUT2D eigenvalue weighted by molar-refractivity contribution is 5.99. The molecule has 0 bridgehead atoms. The molecule has 0 aliphatic carbocycles. The lowest BCUT2D eigenvalue weighted by Crippen LogP contribution is -2.35. The summed E-state index contributed by atoms with van der Waals surface area (Å²) >= 11 is 0. The topological polar surface area (TPSA) is 100 Å². The van der Waals surface area contributed by atoms with Crippen molar-refractivity contribution in [3.05, 3.63) is 33.2 Å². The van der Waals surface area contributed by atoms with Crippen LogP contribution in [0.4, 0.5) is 0 Å². The van der Waals surface area contributed by atoms with Gasteiger partial charge in [0, 0.05) is 32.1 Å². The van der Waals surface area contributed by atoms with Gasteiger partial charge in [0.2, 0.25) is 5.91 Å². The SMILES string of the molecule is CCN(C)CCN(C)C(=O)CCc1c(C)oc2c(C=O)c(O)c(OC)cc2c1=O. The van der Waals surface area contributed by atoms with E-state index in [0.717, 1.165) is 13.1 Å². The maximum Gasteiger partial charge on any atom is 0.222 e. The first-order chi connectivity index (χ1) is 13.7. The molecule has 0 saturated heterocycles. The van der Waals surface area contributed by atoms with Crippen molar-refractivity contribution in [2.75, 3.05) is 40.8 Å². The zero-order valence-corrected chi connectivity index (χ0v) is 17.6. The lowest BCUT2D eigenvalue weighted by atomic mass is 10.0. The quantitative estimate of drug-likeness (QED) is 0.638. The fourth-order valence-electron chi connectivity index (χ4n) is 3.05. The fourth-order valence-corrected chi connectivity index (χ4v) is 3.05. The van der Waals surface area contributed by atoms with Gasteiger partial charge in [-0.3, -0.25) is 14.4 Å². The summed E-state index contributed by atoms with van der Waals surface area (Å²) in [6, 6.07) is 1.35. The van der Waals surface area contributed by atoms with E-state index in [0.29, 0.717) is 24.2 Å². The highest BCUT2D eigenvalue weighted by atomic mass is 16.5. The third-order valence-electron chi connectivity index (χ3n) is 5.16. The zero-order valence-electron chi connectivity index (χ0n) is 17.6. The number of phenols is 1. The fraction of sp³-hybridized carbons (Fsp3) is 0.476. The van der Waals surface area contributed by atoms with E-state index in [2.05, 4.69) is 4.90 Å². The van der Waals surface area contributed by atoms with Crippen molar-refractivity contribution in [3.8, 4) is 11.5 Å². The number of ether oxygens (including phenoxy) is 1. The number of aromatic hydroxyl groups is 1. The number of hydrogen-bond acceptors (Lipinski definition) is 7. The summed E-state index contributed by atoms with van der Waals surface area (Å²) in [5.74, 6) is -0.113. The third kappa shape index (κ3) is 4.76. The Kier molecular flexibility index (Phi) is 7.39. The number of rotatable bonds is 9. The molecule has 0 spiro atoms. The van der Waals surface area contributed by atoms with Crippen LogP contribution in [0.1, 0.15) is 35.0 Å². The Hall–Kier alpha value is -2.87. The second-order valence-corrected chi connectivity index (χ2v) is 7.01. The second kappa shape index (κ2) is 9.56. The summed E-state index contributed by atoms with van der Waals surface area (Å²) in [4.78, 5) is 40.6. The Bertz CT molecular complexity index is 966. The summed E-state index contributed by atoms with van der Waals surface area (Å²) in [5, 5.41) is 10.2. The van der Waals surface area contributed by atoms with Gasteiger partial charge < -0.3 is 24.1 Å². The Balaban J connectivity index is 2.30. The summed E-state index contributed by atoms with van der Waals surface area (Å²) in [6.45, 7) is 5.94. The molecule has 8 nitrogen and oxygen atoms in total. The van der Waals surface area contributed by atoms with Gasteiger partial charge >= 0.3 is 0 Å². The van der Waals surface area contributed by atoms with E-state index in [1.807, 2.05) is 14.0 Å². The number of methoxy groups -OCH3 is 1. The number of aryl methyl sites for hydroxylation is 1. The Morgan fingerprint density at radius 1 is 1.31 bits per heavy atom. The Morgan fingerprint density at radius 2 is 2.00 bits per heavy atom. The van der Waals surface area contributed by atoms with E-state index in [1.54, 1.807) is 18.9 Å². The predicted molar refractivity (Wildman–Crippen MR) is 110 cm³/mol. The van der Waals surface area contributed by atoms with Crippen LogP contribution in [-0.4, -0.2) is 67.9 Å². The maximum absolute atomic E-state index is 13.0. The third-order valence-corrected chi connectivity index (χ3v) is 5.16. The number of amides is 1. The molecule has 0 atom stereocenters. The van der Waals surface area contributed by atoms with E-state index in [9.17, 15) is 19.5 Å². The van der Waals surface area contributed by atoms with Crippen LogP contribution < -0.4 is 10.2 Å². The molecular weight excluding hydrogens is 376 g/mol. The molecule has 1 aromatic heterocycles. The summed E-state index contributed by atoms with van der Waals surface area (Å²) in [6.07, 6.45) is 0.809. The van der Waals surface area contributed by atoms with Gasteiger partial charge in [0.05, 0.1) is 12.5 Å². The molecule has 1 amide bonds. The van der Waals surface area contributed by atoms with Crippen molar-refractivity contribution in [1.29, 1.82) is 0 Å². The molecule has 8 heteroatoms. The summed E-state index contributed by atoms with van der Waals surface area (Å²) < 4.78 is 10.7. The van der Waals surface area contributed by atoms with Gasteiger partial charge in [-0.15, -0.1) is 0 Å². The van der Waals surface area contributed by atoms with Gasteiger partial charge in [0.25, 0.3) is 0 Å². The molecule has 0 saturated carbocycles. The molecule has 0 radical (unpaired) electrons. The average molecular weight is 404 g/mol. The summed E-state index contributed by atoms with van der Waals surface area (Å²) in [7, 11) is 5.06. The number of phenolic OH excluding ortho intramolecular Hbond substituents is 1. The van der Waals surface area contributed by atoms with Crippen LogP contribution >= 0.6 is 0 Å². The Morgan fingerprint density at radius 3 is 2.59 bits per heavy atom. The van der Waals surface area contributed by atoms with Crippen molar-refractivity contribution in [2.45, 2.75) is 26.7 Å². The number of hydrogen-bond donors (Lipinski definition) is 1. The molecule has 0 fully saturated rings. The largest absolute Gasteiger partial charge is 0.504 e. The highest BCUT2D eigenvalue weighted by Gasteiger charge is 2.21. The Labute approximate surface area is 169 Å². The first kappa shape index (κ1) is 22.4. The lowest BCUT2D eigenvalue weighted by molar-refractivity contribution is -0.130. The van der Waals surface area contributed by atoms with Gasteiger partial charge in [-0.2, -0.15) is 0 Å². The number of benzene rings is 1. The van der Waals surface area contributed by atoms with Crippen LogP contribution in [-0.2, 0) is 11.2 Å². The minimum Gasteiger partial charge on any atom is -0.504 e. The minimum atomic E-state index is -0.376. The van der Waals surface area contributed by atoms with E-state index >= 15 is 0 Å². The van der Waals surface area contributed by atoms with Crippen molar-refractivity contribution in [1.82, 2.24) is 9.80 Å². The smallest absolute Gasteiger partial charge is 0.222 e. The normalized spacial score (nSPS) is 11.1. The van der Waals surface area contributed by atoms with Crippen LogP contribution in [0, 0.1) is 6.92 Å². The van der Waals surface area contributed by atoms with Crippen LogP contribution in [0.25, 0.3) is 11.0 Å². The minimum absolute atomic E-state index is 0.00981. The van der Waals surface area contributed by atoms with Crippen LogP contribution in [0.15, 0.2) is 15.3 Å². The van der Waals surface area contributed by atoms with Gasteiger partial charge in [-0.25, -0.2) is 0 Å². The van der Waals surface area contributed by atoms with Gasteiger partial charge in [-0.05, 0) is 33.0 Å². The molecule has 2 rings (SSSR count). The van der Waals surface area contributed by atoms with Gasteiger partial charge in [-0.1, -0.05) is 6.92 Å². The van der Waals surface area contributed by atoms with Gasteiger partial charge in [0.1, 0.15) is 11.3 Å². The molecule has 1 N–H and O–H groups in total. The van der Waals surface area contributed by atoms with E-state index in [1.165, 1.54) is 13.2 Å². The molecule has 0 aliphatic heterocycles. The monoisotopic (exact) mass is 404 g/mol. The number of aldehydes is 1. The maximum atomic E-state index is 13.0. The van der Waals surface area contributed by atoms with Crippen LogP contribution in [0.2, 0.25) is 0 Å². The second-order valence-electron chi connectivity index (χ2n) is 7.01. The van der Waals surface area contributed by atoms with Crippen molar-refractivity contribution in [3.63, 3.8) is 0 Å². The highest BCUT2D eigenvalue weighted by Crippen LogP contribution is 2.35.